The highest BCUT2D eigenvalue weighted by atomic mass is 16.7. The molecule has 0 aromatic carbocycles. The van der Waals surface area contributed by atoms with Gasteiger partial charge in [0.05, 0.1) is 0 Å². The first-order valence-corrected chi connectivity index (χ1v) is 4.51. The number of ether oxygens (including phenoxy) is 2. The van der Waals surface area contributed by atoms with Crippen LogP contribution in [-0.2, 0) is 14.3 Å². The molecule has 0 atom stereocenters. The minimum Gasteiger partial charge on any atom is -0.356 e. The van der Waals surface area contributed by atoms with Crippen molar-refractivity contribution in [3.05, 3.63) is 0 Å². The van der Waals surface area contributed by atoms with Gasteiger partial charge in [-0.25, -0.2) is 0 Å². The van der Waals surface area contributed by atoms with E-state index in [0.29, 0.717) is 6.42 Å². The molecule has 1 spiro atoms. The average molecular weight is 185 g/mol. The minimum absolute atomic E-state index is 0.114. The third-order valence-corrected chi connectivity index (χ3v) is 3.23. The molecule has 1 saturated carbocycles. The van der Waals surface area contributed by atoms with Crippen LogP contribution in [0.3, 0.4) is 0 Å². The fourth-order valence-electron chi connectivity index (χ4n) is 2.46. The van der Waals surface area contributed by atoms with Gasteiger partial charge in [0.2, 0.25) is 5.91 Å². The first-order chi connectivity index (χ1) is 6.14. The number of amides is 1. The number of methoxy groups -OCH3 is 2. The summed E-state index contributed by atoms with van der Waals surface area (Å²) < 4.78 is 10.6. The van der Waals surface area contributed by atoms with Crippen molar-refractivity contribution in [3.8, 4) is 0 Å². The molecule has 13 heavy (non-hydrogen) atoms. The molecule has 0 bridgehead atoms. The standard InChI is InChI=1S/C9H15NO3/c1-12-9(13-2)4-8(5-9)3-7(11)10-6-8/h3-6H2,1-2H3,(H,10,11). The van der Waals surface area contributed by atoms with Gasteiger partial charge in [-0.3, -0.25) is 4.79 Å². The Morgan fingerprint density at radius 2 is 1.92 bits per heavy atom. The smallest absolute Gasteiger partial charge is 0.220 e. The number of nitrogens with one attached hydrogen (secondary N) is 1. The molecular formula is C9H15NO3. The van der Waals surface area contributed by atoms with Crippen molar-refractivity contribution in [2.45, 2.75) is 25.0 Å². The van der Waals surface area contributed by atoms with Gasteiger partial charge in [0.1, 0.15) is 0 Å². The van der Waals surface area contributed by atoms with Crippen molar-refractivity contribution < 1.29 is 14.3 Å². The largest absolute Gasteiger partial charge is 0.356 e. The molecule has 1 aliphatic heterocycles. The Hall–Kier alpha value is -0.610. The van der Waals surface area contributed by atoms with Gasteiger partial charge in [0, 0.05) is 45.4 Å². The van der Waals surface area contributed by atoms with Crippen LogP contribution < -0.4 is 5.32 Å². The van der Waals surface area contributed by atoms with Crippen LogP contribution in [0.2, 0.25) is 0 Å². The number of carbonyl (C=O) groups excluding carboxylic acids is 1. The van der Waals surface area contributed by atoms with Crippen LogP contribution in [0.4, 0.5) is 0 Å². The molecule has 1 amide bonds. The predicted molar refractivity (Wildman–Crippen MR) is 46.0 cm³/mol. The normalized spacial score (nSPS) is 28.6. The monoisotopic (exact) mass is 185 g/mol. The van der Waals surface area contributed by atoms with Crippen LogP contribution >= 0.6 is 0 Å². The van der Waals surface area contributed by atoms with E-state index in [-0.39, 0.29) is 11.3 Å². The summed E-state index contributed by atoms with van der Waals surface area (Å²) in [5.74, 6) is -0.271. The van der Waals surface area contributed by atoms with Crippen LogP contribution in [0.1, 0.15) is 19.3 Å². The van der Waals surface area contributed by atoms with Crippen LogP contribution in [0.15, 0.2) is 0 Å². The SMILES string of the molecule is COC1(OC)CC2(CNC(=O)C2)C1. The fourth-order valence-corrected chi connectivity index (χ4v) is 2.46. The zero-order valence-corrected chi connectivity index (χ0v) is 8.05. The highest BCUT2D eigenvalue weighted by Crippen LogP contribution is 2.54. The lowest BCUT2D eigenvalue weighted by Crippen LogP contribution is -2.55. The molecular weight excluding hydrogens is 170 g/mol. The van der Waals surface area contributed by atoms with Crippen molar-refractivity contribution >= 4 is 5.91 Å². The summed E-state index contributed by atoms with van der Waals surface area (Å²) in [7, 11) is 3.31. The highest BCUT2D eigenvalue weighted by Gasteiger charge is 2.58. The third kappa shape index (κ3) is 1.25. The Morgan fingerprint density at radius 1 is 1.31 bits per heavy atom. The first kappa shape index (κ1) is 8.97. The van der Waals surface area contributed by atoms with Crippen molar-refractivity contribution in [2.24, 2.45) is 5.41 Å². The molecule has 2 aliphatic rings. The number of rotatable bonds is 2. The van der Waals surface area contributed by atoms with Crippen molar-refractivity contribution in [2.75, 3.05) is 20.8 Å². The maximum atomic E-state index is 11.0. The second-order valence-electron chi connectivity index (χ2n) is 4.13. The molecule has 0 radical (unpaired) electrons. The summed E-state index contributed by atoms with van der Waals surface area (Å²) in [4.78, 5) is 11.0. The second-order valence-corrected chi connectivity index (χ2v) is 4.13. The molecule has 4 nitrogen and oxygen atoms in total. The van der Waals surface area contributed by atoms with Crippen molar-refractivity contribution in [1.29, 1.82) is 0 Å². The van der Waals surface area contributed by atoms with E-state index in [0.717, 1.165) is 19.4 Å². The fraction of sp³-hybridized carbons (Fsp3) is 0.889. The van der Waals surface area contributed by atoms with E-state index in [1.807, 2.05) is 0 Å². The molecule has 4 heteroatoms. The predicted octanol–water partition coefficient (Wildman–Crippen LogP) is 0.276. The second kappa shape index (κ2) is 2.69. The zero-order valence-electron chi connectivity index (χ0n) is 8.05. The lowest BCUT2D eigenvalue weighted by atomic mass is 9.63. The molecule has 1 heterocycles. The van der Waals surface area contributed by atoms with Crippen LogP contribution in [0.5, 0.6) is 0 Å². The molecule has 2 fully saturated rings. The highest BCUT2D eigenvalue weighted by molar-refractivity contribution is 5.79. The van der Waals surface area contributed by atoms with E-state index in [2.05, 4.69) is 5.32 Å². The lowest BCUT2D eigenvalue weighted by Gasteiger charge is -2.51. The van der Waals surface area contributed by atoms with Gasteiger partial charge in [-0.2, -0.15) is 0 Å². The summed E-state index contributed by atoms with van der Waals surface area (Å²) in [6.45, 7) is 0.778. The first-order valence-electron chi connectivity index (χ1n) is 4.51. The molecule has 74 valence electrons. The lowest BCUT2D eigenvalue weighted by molar-refractivity contribution is -0.292. The summed E-state index contributed by atoms with van der Waals surface area (Å²) >= 11 is 0. The van der Waals surface area contributed by atoms with E-state index in [9.17, 15) is 4.79 Å². The average Bonchev–Trinajstić information content (AvgIpc) is 2.44. The van der Waals surface area contributed by atoms with E-state index in [1.54, 1.807) is 14.2 Å². The maximum absolute atomic E-state index is 11.0. The van der Waals surface area contributed by atoms with E-state index >= 15 is 0 Å². The summed E-state index contributed by atoms with van der Waals surface area (Å²) in [6.07, 6.45) is 2.28. The van der Waals surface area contributed by atoms with Crippen LogP contribution in [-0.4, -0.2) is 32.5 Å². The van der Waals surface area contributed by atoms with E-state index in [4.69, 9.17) is 9.47 Å². The number of carbonyl (C=O) groups is 1. The van der Waals surface area contributed by atoms with Gasteiger partial charge >= 0.3 is 0 Å². The Kier molecular flexibility index (Phi) is 1.85. The molecule has 1 N–H and O–H groups in total. The zero-order chi connectivity index (χ0) is 9.53. The van der Waals surface area contributed by atoms with Crippen molar-refractivity contribution in [3.63, 3.8) is 0 Å². The molecule has 2 rings (SSSR count). The number of hydrogen-bond donors (Lipinski definition) is 1. The molecule has 1 saturated heterocycles. The van der Waals surface area contributed by atoms with Crippen LogP contribution in [0.25, 0.3) is 0 Å². The van der Waals surface area contributed by atoms with Gasteiger partial charge in [-0.05, 0) is 0 Å². The maximum Gasteiger partial charge on any atom is 0.220 e. The Balaban J connectivity index is 1.99. The van der Waals surface area contributed by atoms with Crippen LogP contribution in [0, 0.1) is 5.41 Å². The quantitative estimate of drug-likeness (QED) is 0.628. The molecule has 0 aromatic rings. The Bertz CT molecular complexity index is 227. The topological polar surface area (TPSA) is 47.6 Å². The summed E-state index contributed by atoms with van der Waals surface area (Å²) in [5, 5.41) is 2.85. The summed E-state index contributed by atoms with van der Waals surface area (Å²) in [6, 6.07) is 0. The Labute approximate surface area is 77.6 Å². The minimum atomic E-state index is -0.424. The summed E-state index contributed by atoms with van der Waals surface area (Å²) in [5.41, 5.74) is 0.114. The van der Waals surface area contributed by atoms with Gasteiger partial charge < -0.3 is 14.8 Å². The Morgan fingerprint density at radius 3 is 2.31 bits per heavy atom. The van der Waals surface area contributed by atoms with Crippen molar-refractivity contribution in [1.82, 2.24) is 5.32 Å². The van der Waals surface area contributed by atoms with Gasteiger partial charge in [0.25, 0.3) is 0 Å². The third-order valence-electron chi connectivity index (χ3n) is 3.23. The molecule has 0 unspecified atom stereocenters. The van der Waals surface area contributed by atoms with E-state index < -0.39 is 5.79 Å². The van der Waals surface area contributed by atoms with Gasteiger partial charge in [-0.15, -0.1) is 0 Å². The number of hydrogen-bond acceptors (Lipinski definition) is 3. The van der Waals surface area contributed by atoms with Gasteiger partial charge in [-0.1, -0.05) is 0 Å². The molecule has 1 aliphatic carbocycles. The van der Waals surface area contributed by atoms with E-state index in [1.165, 1.54) is 0 Å². The molecule has 0 aromatic heterocycles. The van der Waals surface area contributed by atoms with Gasteiger partial charge in [0.15, 0.2) is 5.79 Å².